The first-order valence-corrected chi connectivity index (χ1v) is 15.8. The van der Waals surface area contributed by atoms with Crippen LogP contribution in [-0.4, -0.2) is 26.6 Å². The van der Waals surface area contributed by atoms with E-state index in [0.717, 1.165) is 23.7 Å². The van der Waals surface area contributed by atoms with Crippen LogP contribution in [0.15, 0.2) is 11.6 Å². The minimum Gasteiger partial charge on any atom is -0.414 e. The highest BCUT2D eigenvalue weighted by Gasteiger charge is 2.69. The van der Waals surface area contributed by atoms with Gasteiger partial charge in [-0.15, -0.1) is 0 Å². The second-order valence-electron chi connectivity index (χ2n) is 13.6. The van der Waals surface area contributed by atoms with E-state index in [1.807, 2.05) is 0 Å². The molecule has 1 aliphatic heterocycles. The van der Waals surface area contributed by atoms with Crippen LogP contribution in [-0.2, 0) is 9.16 Å². The van der Waals surface area contributed by atoms with E-state index in [9.17, 15) is 0 Å². The molecule has 1 heterocycles. The summed E-state index contributed by atoms with van der Waals surface area (Å²) in [6.45, 7) is 19.5. The third-order valence-corrected chi connectivity index (χ3v) is 15.8. The Kier molecular flexibility index (Phi) is 4.85. The summed E-state index contributed by atoms with van der Waals surface area (Å²) in [4.78, 5) is 0. The normalized spacial score (nSPS) is 51.7. The number of rotatable bonds is 2. The first kappa shape index (κ1) is 21.7. The van der Waals surface area contributed by atoms with E-state index in [1.165, 1.54) is 44.9 Å². The second kappa shape index (κ2) is 6.70. The molecule has 5 aliphatic rings. The molecule has 30 heavy (non-hydrogen) atoms. The Morgan fingerprint density at radius 2 is 1.80 bits per heavy atom. The average molecular weight is 431 g/mol. The van der Waals surface area contributed by atoms with Crippen molar-refractivity contribution in [3.63, 3.8) is 0 Å². The van der Waals surface area contributed by atoms with Gasteiger partial charge in [-0.3, -0.25) is 0 Å². The van der Waals surface area contributed by atoms with Crippen LogP contribution in [0.2, 0.25) is 18.1 Å². The van der Waals surface area contributed by atoms with Crippen molar-refractivity contribution in [2.75, 3.05) is 0 Å². The average Bonchev–Trinajstić information content (AvgIpc) is 3.35. The summed E-state index contributed by atoms with van der Waals surface area (Å²) in [7, 11) is -1.67. The van der Waals surface area contributed by atoms with Gasteiger partial charge in [0.15, 0.2) is 8.32 Å². The molecule has 170 valence electrons. The number of hydrogen-bond acceptors (Lipinski definition) is 2. The van der Waals surface area contributed by atoms with Gasteiger partial charge in [-0.2, -0.15) is 0 Å². The van der Waals surface area contributed by atoms with Crippen LogP contribution in [0.4, 0.5) is 0 Å². The molecule has 0 aromatic rings. The summed E-state index contributed by atoms with van der Waals surface area (Å²) >= 11 is 0. The van der Waals surface area contributed by atoms with Gasteiger partial charge in [-0.05, 0) is 104 Å². The lowest BCUT2D eigenvalue weighted by Crippen LogP contribution is -2.55. The van der Waals surface area contributed by atoms with Gasteiger partial charge in [-0.25, -0.2) is 0 Å². The van der Waals surface area contributed by atoms with Crippen LogP contribution in [0, 0.1) is 34.5 Å². The third kappa shape index (κ3) is 2.93. The Hall–Kier alpha value is -0.123. The summed E-state index contributed by atoms with van der Waals surface area (Å²) in [6, 6.07) is 0. The molecule has 5 fully saturated rings. The van der Waals surface area contributed by atoms with Crippen LogP contribution in [0.5, 0.6) is 0 Å². The highest BCUT2D eigenvalue weighted by atomic mass is 28.4. The van der Waals surface area contributed by atoms with Crippen molar-refractivity contribution in [3.8, 4) is 0 Å². The van der Waals surface area contributed by atoms with E-state index in [0.29, 0.717) is 34.2 Å². The zero-order chi connectivity index (χ0) is 21.7. The lowest BCUT2D eigenvalue weighted by Gasteiger charge is -2.61. The SMILES string of the molecule is C/C=C1/[C@H]2O[C@H]2[C@H]2[C@@H]3CC[C@H]4C[C@@H](O[Si](C)(C)C(C)(C)C)CC[C@]4(C)[C@H]3CC[C@]12C. The van der Waals surface area contributed by atoms with Crippen molar-refractivity contribution >= 4 is 8.32 Å². The van der Waals surface area contributed by atoms with Gasteiger partial charge in [0.25, 0.3) is 0 Å². The van der Waals surface area contributed by atoms with E-state index in [2.05, 4.69) is 60.7 Å². The summed E-state index contributed by atoms with van der Waals surface area (Å²) in [5.74, 6) is 3.44. The molecule has 0 N–H and O–H groups in total. The van der Waals surface area contributed by atoms with Crippen molar-refractivity contribution in [1.82, 2.24) is 0 Å². The van der Waals surface area contributed by atoms with E-state index in [1.54, 1.807) is 5.57 Å². The first-order valence-electron chi connectivity index (χ1n) is 12.9. The zero-order valence-electron chi connectivity index (χ0n) is 20.9. The van der Waals surface area contributed by atoms with Gasteiger partial charge in [0.1, 0.15) is 6.10 Å². The lowest BCUT2D eigenvalue weighted by molar-refractivity contribution is -0.122. The zero-order valence-corrected chi connectivity index (χ0v) is 21.9. The molecular weight excluding hydrogens is 384 g/mol. The summed E-state index contributed by atoms with van der Waals surface area (Å²) in [5, 5.41) is 0.313. The summed E-state index contributed by atoms with van der Waals surface area (Å²) in [5.41, 5.74) is 2.60. The van der Waals surface area contributed by atoms with Crippen LogP contribution >= 0.6 is 0 Å². The Morgan fingerprint density at radius 1 is 1.07 bits per heavy atom. The number of fused-ring (bicyclic) bond motifs is 7. The van der Waals surface area contributed by atoms with Crippen molar-refractivity contribution in [2.24, 2.45) is 34.5 Å². The van der Waals surface area contributed by atoms with Crippen LogP contribution < -0.4 is 0 Å². The van der Waals surface area contributed by atoms with E-state index >= 15 is 0 Å². The lowest BCUT2D eigenvalue weighted by atomic mass is 9.45. The maximum atomic E-state index is 6.92. The van der Waals surface area contributed by atoms with E-state index < -0.39 is 8.32 Å². The molecule has 3 heteroatoms. The molecular formula is C27H46O2Si. The molecule has 0 spiro atoms. The van der Waals surface area contributed by atoms with Gasteiger partial charge < -0.3 is 9.16 Å². The first-order chi connectivity index (χ1) is 13.9. The Balaban J connectivity index is 1.33. The molecule has 2 nitrogen and oxygen atoms in total. The Labute approximate surface area is 186 Å². The fourth-order valence-electron chi connectivity index (χ4n) is 8.58. The van der Waals surface area contributed by atoms with Crippen LogP contribution in [0.3, 0.4) is 0 Å². The smallest absolute Gasteiger partial charge is 0.192 e. The largest absolute Gasteiger partial charge is 0.414 e. The van der Waals surface area contributed by atoms with Crippen molar-refractivity contribution in [3.05, 3.63) is 11.6 Å². The standard InChI is InChI=1S/C27H46O2Si/c1-9-20-23-24(28-23)22-19-11-10-17-16-18(29-30(7,8)25(2,3)4)12-14-26(17,5)21(19)13-15-27(20,22)6/h9,17-19,21-24H,10-16H2,1-8H3/b20-9-/t17-,18-,19+,21-,22+,23+,24-,26-,27+/m0/s1. The van der Waals surface area contributed by atoms with Gasteiger partial charge in [0.05, 0.1) is 6.10 Å². The van der Waals surface area contributed by atoms with E-state index in [4.69, 9.17) is 9.16 Å². The molecule has 0 unspecified atom stereocenters. The number of hydrogen-bond donors (Lipinski definition) is 0. The molecule has 4 aliphatic carbocycles. The minimum atomic E-state index is -1.67. The predicted octanol–water partition coefficient (Wildman–Crippen LogP) is 7.35. The summed E-state index contributed by atoms with van der Waals surface area (Å²) in [6.07, 6.45) is 13.6. The predicted molar refractivity (Wildman–Crippen MR) is 127 cm³/mol. The van der Waals surface area contributed by atoms with E-state index in [-0.39, 0.29) is 0 Å². The number of allylic oxidation sites excluding steroid dienone is 1. The quantitative estimate of drug-likeness (QED) is 0.259. The molecule has 0 aromatic heterocycles. The van der Waals surface area contributed by atoms with Crippen LogP contribution in [0.1, 0.15) is 86.5 Å². The topological polar surface area (TPSA) is 21.8 Å². The van der Waals surface area contributed by atoms with Crippen molar-refractivity contribution in [1.29, 1.82) is 0 Å². The fourth-order valence-corrected chi connectivity index (χ4v) is 9.98. The molecule has 0 radical (unpaired) electrons. The minimum absolute atomic E-state index is 0.313. The monoisotopic (exact) mass is 430 g/mol. The van der Waals surface area contributed by atoms with Gasteiger partial charge in [-0.1, -0.05) is 40.7 Å². The van der Waals surface area contributed by atoms with Gasteiger partial charge in [0, 0.05) is 12.0 Å². The maximum absolute atomic E-state index is 6.92. The van der Waals surface area contributed by atoms with Gasteiger partial charge >= 0.3 is 0 Å². The molecule has 0 aromatic carbocycles. The molecule has 4 saturated carbocycles. The van der Waals surface area contributed by atoms with Crippen LogP contribution in [0.25, 0.3) is 0 Å². The molecule has 0 bridgehead atoms. The summed E-state index contributed by atoms with van der Waals surface area (Å²) < 4.78 is 13.2. The van der Waals surface area contributed by atoms with Crippen molar-refractivity contribution in [2.45, 2.75) is 123 Å². The van der Waals surface area contributed by atoms with Gasteiger partial charge in [0.2, 0.25) is 0 Å². The second-order valence-corrected chi connectivity index (χ2v) is 18.3. The third-order valence-electron chi connectivity index (χ3n) is 11.3. The highest BCUT2D eigenvalue weighted by molar-refractivity contribution is 6.74. The maximum Gasteiger partial charge on any atom is 0.192 e. The molecule has 1 saturated heterocycles. The highest BCUT2D eigenvalue weighted by Crippen LogP contribution is 2.71. The molecule has 9 atom stereocenters. The molecule has 5 rings (SSSR count). The number of ether oxygens (including phenoxy) is 1. The Morgan fingerprint density at radius 3 is 2.47 bits per heavy atom. The molecule has 0 amide bonds. The van der Waals surface area contributed by atoms with Crippen molar-refractivity contribution < 1.29 is 9.16 Å². The fraction of sp³-hybridized carbons (Fsp3) is 0.926. The Bertz CT molecular complexity index is 736. The number of epoxide rings is 1.